The molecule has 0 saturated carbocycles. The van der Waals surface area contributed by atoms with Crippen LogP contribution in [0.3, 0.4) is 0 Å². The Morgan fingerprint density at radius 1 is 1.10 bits per heavy atom. The fourth-order valence-electron chi connectivity index (χ4n) is 2.32. The molecule has 1 unspecified atom stereocenters. The summed E-state index contributed by atoms with van der Waals surface area (Å²) in [5, 5.41) is 6.44. The van der Waals surface area contributed by atoms with Gasteiger partial charge in [-0.05, 0) is 23.5 Å². The van der Waals surface area contributed by atoms with Crippen molar-refractivity contribution in [2.75, 3.05) is 6.54 Å². The quantitative estimate of drug-likeness (QED) is 0.770. The SMILES string of the molecule is CCc1ccc(C(NC(=O)CCNC(C)C)C(C)C)cc1. The zero-order valence-electron chi connectivity index (χ0n) is 14.1. The lowest BCUT2D eigenvalue weighted by atomic mass is 9.94. The van der Waals surface area contributed by atoms with Gasteiger partial charge in [-0.3, -0.25) is 4.79 Å². The molecule has 0 saturated heterocycles. The van der Waals surface area contributed by atoms with Gasteiger partial charge in [0.25, 0.3) is 0 Å². The maximum Gasteiger partial charge on any atom is 0.221 e. The highest BCUT2D eigenvalue weighted by Crippen LogP contribution is 2.22. The Hall–Kier alpha value is -1.35. The molecule has 0 spiro atoms. The van der Waals surface area contributed by atoms with Gasteiger partial charge in [-0.2, -0.15) is 0 Å². The Morgan fingerprint density at radius 2 is 1.71 bits per heavy atom. The lowest BCUT2D eigenvalue weighted by molar-refractivity contribution is -0.122. The smallest absolute Gasteiger partial charge is 0.221 e. The first-order valence-electron chi connectivity index (χ1n) is 8.05. The minimum atomic E-state index is 0.0856. The van der Waals surface area contributed by atoms with Gasteiger partial charge in [0.1, 0.15) is 0 Å². The van der Waals surface area contributed by atoms with E-state index in [0.717, 1.165) is 13.0 Å². The van der Waals surface area contributed by atoms with E-state index in [0.29, 0.717) is 18.4 Å². The van der Waals surface area contributed by atoms with Gasteiger partial charge < -0.3 is 10.6 Å². The molecule has 1 rings (SSSR count). The van der Waals surface area contributed by atoms with Crippen molar-refractivity contribution in [1.29, 1.82) is 0 Å². The summed E-state index contributed by atoms with van der Waals surface area (Å²) in [4.78, 5) is 12.1. The van der Waals surface area contributed by atoms with Crippen molar-refractivity contribution in [3.05, 3.63) is 35.4 Å². The summed E-state index contributed by atoms with van der Waals surface area (Å²) in [6.07, 6.45) is 1.56. The van der Waals surface area contributed by atoms with E-state index in [-0.39, 0.29) is 11.9 Å². The lowest BCUT2D eigenvalue weighted by Gasteiger charge is -2.23. The van der Waals surface area contributed by atoms with Crippen molar-refractivity contribution >= 4 is 5.91 Å². The van der Waals surface area contributed by atoms with Gasteiger partial charge in [-0.25, -0.2) is 0 Å². The van der Waals surface area contributed by atoms with E-state index < -0.39 is 0 Å². The van der Waals surface area contributed by atoms with Crippen LogP contribution in [-0.2, 0) is 11.2 Å². The van der Waals surface area contributed by atoms with Crippen molar-refractivity contribution in [1.82, 2.24) is 10.6 Å². The first-order valence-corrected chi connectivity index (χ1v) is 8.05. The third kappa shape index (κ3) is 6.30. The second kappa shape index (κ2) is 8.83. The number of hydrogen-bond donors (Lipinski definition) is 2. The highest BCUT2D eigenvalue weighted by molar-refractivity contribution is 5.76. The van der Waals surface area contributed by atoms with Gasteiger partial charge >= 0.3 is 0 Å². The second-order valence-electron chi connectivity index (χ2n) is 6.24. The second-order valence-corrected chi connectivity index (χ2v) is 6.24. The van der Waals surface area contributed by atoms with E-state index in [1.54, 1.807) is 0 Å². The van der Waals surface area contributed by atoms with Crippen LogP contribution in [0.1, 0.15) is 58.2 Å². The highest BCUT2D eigenvalue weighted by Gasteiger charge is 2.18. The molecule has 118 valence electrons. The number of amides is 1. The van der Waals surface area contributed by atoms with Crippen molar-refractivity contribution in [2.24, 2.45) is 5.92 Å². The molecule has 1 aromatic rings. The molecule has 0 aliphatic carbocycles. The van der Waals surface area contributed by atoms with Gasteiger partial charge in [0.15, 0.2) is 0 Å². The molecule has 0 heterocycles. The van der Waals surface area contributed by atoms with Crippen LogP contribution in [0, 0.1) is 5.92 Å². The fraction of sp³-hybridized carbons (Fsp3) is 0.611. The number of carbonyl (C=O) groups excluding carboxylic acids is 1. The number of benzene rings is 1. The van der Waals surface area contributed by atoms with E-state index in [4.69, 9.17) is 0 Å². The molecule has 0 aliphatic rings. The van der Waals surface area contributed by atoms with Gasteiger partial charge in [0.2, 0.25) is 5.91 Å². The van der Waals surface area contributed by atoms with E-state index in [1.165, 1.54) is 11.1 Å². The van der Waals surface area contributed by atoms with Crippen molar-refractivity contribution in [3.63, 3.8) is 0 Å². The Bertz CT molecular complexity index is 423. The monoisotopic (exact) mass is 290 g/mol. The average Bonchev–Trinajstić information content (AvgIpc) is 2.44. The number of aryl methyl sites for hydroxylation is 1. The third-order valence-corrected chi connectivity index (χ3v) is 3.63. The summed E-state index contributed by atoms with van der Waals surface area (Å²) in [6, 6.07) is 9.07. The van der Waals surface area contributed by atoms with E-state index in [9.17, 15) is 4.79 Å². The predicted octanol–water partition coefficient (Wildman–Crippen LogP) is 3.45. The number of hydrogen-bond acceptors (Lipinski definition) is 2. The first-order chi connectivity index (χ1) is 9.93. The third-order valence-electron chi connectivity index (χ3n) is 3.63. The van der Waals surface area contributed by atoms with Crippen LogP contribution in [0.25, 0.3) is 0 Å². The summed E-state index contributed by atoms with van der Waals surface area (Å²) in [5.74, 6) is 0.487. The Balaban J connectivity index is 2.62. The summed E-state index contributed by atoms with van der Waals surface area (Å²) in [5.41, 5.74) is 2.51. The van der Waals surface area contributed by atoms with Gasteiger partial charge in [0, 0.05) is 19.0 Å². The van der Waals surface area contributed by atoms with Crippen LogP contribution < -0.4 is 10.6 Å². The summed E-state index contributed by atoms with van der Waals surface area (Å²) < 4.78 is 0. The molecular weight excluding hydrogens is 260 g/mol. The fourth-order valence-corrected chi connectivity index (χ4v) is 2.32. The molecule has 0 fully saturated rings. The minimum absolute atomic E-state index is 0.0856. The zero-order chi connectivity index (χ0) is 15.8. The molecule has 3 nitrogen and oxygen atoms in total. The molecule has 0 aliphatic heterocycles. The maximum absolute atomic E-state index is 12.1. The Morgan fingerprint density at radius 3 is 2.19 bits per heavy atom. The number of carbonyl (C=O) groups is 1. The van der Waals surface area contributed by atoms with Crippen LogP contribution in [0.5, 0.6) is 0 Å². The number of rotatable bonds is 8. The van der Waals surface area contributed by atoms with Crippen LogP contribution >= 0.6 is 0 Å². The minimum Gasteiger partial charge on any atom is -0.349 e. The van der Waals surface area contributed by atoms with Gasteiger partial charge in [-0.15, -0.1) is 0 Å². The summed E-state index contributed by atoms with van der Waals surface area (Å²) >= 11 is 0. The summed E-state index contributed by atoms with van der Waals surface area (Å²) in [6.45, 7) is 11.3. The van der Waals surface area contributed by atoms with Gasteiger partial charge in [-0.1, -0.05) is 58.9 Å². The molecule has 21 heavy (non-hydrogen) atoms. The van der Waals surface area contributed by atoms with E-state index in [1.807, 2.05) is 0 Å². The molecular formula is C18H30N2O. The molecule has 2 N–H and O–H groups in total. The largest absolute Gasteiger partial charge is 0.349 e. The Kier molecular flexibility index (Phi) is 7.44. The predicted molar refractivity (Wildman–Crippen MR) is 89.3 cm³/mol. The molecule has 1 atom stereocenters. The normalized spacial score (nSPS) is 12.7. The molecule has 0 bridgehead atoms. The Labute approximate surface area is 129 Å². The number of nitrogens with one attached hydrogen (secondary N) is 2. The van der Waals surface area contributed by atoms with Crippen molar-refractivity contribution < 1.29 is 4.79 Å². The van der Waals surface area contributed by atoms with Crippen molar-refractivity contribution in [3.8, 4) is 0 Å². The topological polar surface area (TPSA) is 41.1 Å². The molecule has 0 radical (unpaired) electrons. The van der Waals surface area contributed by atoms with Gasteiger partial charge in [0.05, 0.1) is 6.04 Å². The molecule has 1 amide bonds. The highest BCUT2D eigenvalue weighted by atomic mass is 16.1. The maximum atomic E-state index is 12.1. The summed E-state index contributed by atoms with van der Waals surface area (Å²) in [7, 11) is 0. The lowest BCUT2D eigenvalue weighted by Crippen LogP contribution is -2.34. The molecule has 1 aromatic carbocycles. The van der Waals surface area contributed by atoms with Crippen molar-refractivity contribution in [2.45, 2.75) is 59.5 Å². The van der Waals surface area contributed by atoms with Crippen LogP contribution in [-0.4, -0.2) is 18.5 Å². The zero-order valence-corrected chi connectivity index (χ0v) is 14.1. The van der Waals surface area contributed by atoms with E-state index in [2.05, 4.69) is 69.5 Å². The molecule has 3 heteroatoms. The standard InChI is InChI=1S/C18H30N2O/c1-6-15-7-9-16(10-8-15)18(13(2)3)20-17(21)11-12-19-14(4)5/h7-10,13-14,18-19H,6,11-12H2,1-5H3,(H,20,21). The van der Waals surface area contributed by atoms with Crippen LogP contribution in [0.15, 0.2) is 24.3 Å². The van der Waals surface area contributed by atoms with E-state index >= 15 is 0 Å². The van der Waals surface area contributed by atoms with Crippen LogP contribution in [0.2, 0.25) is 0 Å². The molecule has 0 aromatic heterocycles. The average molecular weight is 290 g/mol. The van der Waals surface area contributed by atoms with Crippen LogP contribution in [0.4, 0.5) is 0 Å². The first kappa shape index (κ1) is 17.7.